The van der Waals surface area contributed by atoms with E-state index in [1.165, 1.54) is 10.9 Å². The Balaban J connectivity index is 2.53. The number of fused-ring (bicyclic) bond motifs is 1. The van der Waals surface area contributed by atoms with Gasteiger partial charge in [0.05, 0.1) is 17.1 Å². The normalized spacial score (nSPS) is 13.5. The quantitative estimate of drug-likeness (QED) is 0.858. The van der Waals surface area contributed by atoms with Crippen molar-refractivity contribution >= 4 is 17.1 Å². The summed E-state index contributed by atoms with van der Waals surface area (Å²) in [4.78, 5) is 16.3. The predicted molar refractivity (Wildman–Crippen MR) is 72.0 cm³/mol. The number of benzene rings is 1. The minimum atomic E-state index is -0.679. The van der Waals surface area contributed by atoms with Gasteiger partial charge in [0.1, 0.15) is 11.9 Å². The van der Waals surface area contributed by atoms with Gasteiger partial charge in [-0.25, -0.2) is 14.3 Å². The molecule has 0 spiro atoms. The third kappa shape index (κ3) is 2.76. The Hall–Kier alpha value is -1.88. The number of aromatic nitrogens is 2. The third-order valence-corrected chi connectivity index (χ3v) is 2.64. The number of imidazole rings is 1. The van der Waals surface area contributed by atoms with Gasteiger partial charge in [-0.15, -0.1) is 0 Å². The molecule has 0 radical (unpaired) electrons. The van der Waals surface area contributed by atoms with Crippen molar-refractivity contribution < 1.29 is 14.6 Å². The maximum Gasteiger partial charge on any atom is 0.420 e. The molecule has 1 heterocycles. The van der Waals surface area contributed by atoms with Crippen molar-refractivity contribution in [3.63, 3.8) is 0 Å². The molecular formula is C14H18N2O3. The van der Waals surface area contributed by atoms with Gasteiger partial charge >= 0.3 is 6.09 Å². The number of ether oxygens (including phenoxy) is 1. The molecule has 1 unspecified atom stereocenters. The van der Waals surface area contributed by atoms with Crippen LogP contribution in [0.25, 0.3) is 11.0 Å². The van der Waals surface area contributed by atoms with Gasteiger partial charge in [0.2, 0.25) is 0 Å². The summed E-state index contributed by atoms with van der Waals surface area (Å²) >= 11 is 0. The van der Waals surface area contributed by atoms with E-state index in [-0.39, 0.29) is 0 Å². The zero-order valence-electron chi connectivity index (χ0n) is 11.5. The van der Waals surface area contributed by atoms with E-state index in [9.17, 15) is 9.90 Å². The van der Waals surface area contributed by atoms with Gasteiger partial charge in [-0.05, 0) is 33.8 Å². The van der Waals surface area contributed by atoms with Crippen LogP contribution >= 0.6 is 0 Å². The number of rotatable bonds is 1. The number of carbonyl (C=O) groups is 1. The number of carbonyl (C=O) groups excluding carboxylic acids is 1. The summed E-state index contributed by atoms with van der Waals surface area (Å²) in [7, 11) is 0. The van der Waals surface area contributed by atoms with E-state index in [0.29, 0.717) is 16.6 Å². The SMILES string of the molecule is CC(O)c1cccc2ncn(C(=O)OC(C)(C)C)c12. The minimum Gasteiger partial charge on any atom is -0.443 e. The Labute approximate surface area is 111 Å². The fourth-order valence-electron chi connectivity index (χ4n) is 1.88. The average Bonchev–Trinajstić information content (AvgIpc) is 2.69. The van der Waals surface area contributed by atoms with Gasteiger partial charge in [0.25, 0.3) is 0 Å². The molecule has 1 atom stereocenters. The van der Waals surface area contributed by atoms with E-state index in [4.69, 9.17) is 4.74 Å². The largest absolute Gasteiger partial charge is 0.443 e. The van der Waals surface area contributed by atoms with Crippen LogP contribution in [-0.2, 0) is 4.74 Å². The van der Waals surface area contributed by atoms with E-state index in [2.05, 4.69) is 4.98 Å². The summed E-state index contributed by atoms with van der Waals surface area (Å²) in [6.07, 6.45) is 0.245. The second-order valence-corrected chi connectivity index (χ2v) is 5.49. The molecule has 0 saturated heterocycles. The molecule has 0 fully saturated rings. The number of nitrogens with zero attached hydrogens (tertiary/aromatic N) is 2. The zero-order valence-corrected chi connectivity index (χ0v) is 11.5. The monoisotopic (exact) mass is 262 g/mol. The van der Waals surface area contributed by atoms with Crippen molar-refractivity contribution in [1.82, 2.24) is 9.55 Å². The first-order chi connectivity index (χ1) is 8.79. The maximum atomic E-state index is 12.1. The van der Waals surface area contributed by atoms with Crippen LogP contribution in [0.4, 0.5) is 4.79 Å². The lowest BCUT2D eigenvalue weighted by atomic mass is 10.1. The molecule has 0 aliphatic rings. The van der Waals surface area contributed by atoms with E-state index in [1.807, 2.05) is 0 Å². The molecule has 1 aromatic heterocycles. The molecule has 2 rings (SSSR count). The summed E-state index contributed by atoms with van der Waals surface area (Å²) in [5.74, 6) is 0. The summed E-state index contributed by atoms with van der Waals surface area (Å²) in [6, 6.07) is 5.37. The second-order valence-electron chi connectivity index (χ2n) is 5.49. The van der Waals surface area contributed by atoms with Crippen LogP contribution in [0.3, 0.4) is 0 Å². The van der Waals surface area contributed by atoms with Gasteiger partial charge in [0, 0.05) is 5.56 Å². The average molecular weight is 262 g/mol. The second kappa shape index (κ2) is 4.66. The predicted octanol–water partition coefficient (Wildman–Crippen LogP) is 2.87. The highest BCUT2D eigenvalue weighted by Gasteiger charge is 2.21. The number of hydrogen-bond acceptors (Lipinski definition) is 4. The summed E-state index contributed by atoms with van der Waals surface area (Å²) in [5, 5.41) is 9.79. The first kappa shape index (κ1) is 13.5. The lowest BCUT2D eigenvalue weighted by Gasteiger charge is -2.20. The lowest BCUT2D eigenvalue weighted by Crippen LogP contribution is -2.27. The van der Waals surface area contributed by atoms with Crippen molar-refractivity contribution in [2.45, 2.75) is 39.4 Å². The molecular weight excluding hydrogens is 244 g/mol. The number of aliphatic hydroxyl groups excluding tert-OH is 1. The molecule has 5 nitrogen and oxygen atoms in total. The molecule has 0 aliphatic heterocycles. The molecule has 19 heavy (non-hydrogen) atoms. The van der Waals surface area contributed by atoms with Crippen LogP contribution < -0.4 is 0 Å². The first-order valence-electron chi connectivity index (χ1n) is 6.17. The van der Waals surface area contributed by atoms with E-state index < -0.39 is 17.8 Å². The molecule has 1 N–H and O–H groups in total. The van der Waals surface area contributed by atoms with Gasteiger partial charge in [-0.1, -0.05) is 12.1 Å². The molecule has 0 saturated carbocycles. The van der Waals surface area contributed by atoms with Gasteiger partial charge in [0.15, 0.2) is 0 Å². The Morgan fingerprint density at radius 2 is 2.11 bits per heavy atom. The van der Waals surface area contributed by atoms with E-state index in [0.717, 1.165) is 0 Å². The first-order valence-corrected chi connectivity index (χ1v) is 6.17. The standard InChI is InChI=1S/C14H18N2O3/c1-9(17)10-6-5-7-11-12(10)16(8-15-11)13(18)19-14(2,3)4/h5-9,17H,1-4H3. The van der Waals surface area contributed by atoms with Crippen LogP contribution in [0.2, 0.25) is 0 Å². The highest BCUT2D eigenvalue weighted by atomic mass is 16.6. The molecule has 1 aromatic carbocycles. The number of aliphatic hydroxyl groups is 1. The Morgan fingerprint density at radius 1 is 1.42 bits per heavy atom. The summed E-state index contributed by atoms with van der Waals surface area (Å²) < 4.78 is 6.66. The van der Waals surface area contributed by atoms with Crippen molar-refractivity contribution in [3.8, 4) is 0 Å². The topological polar surface area (TPSA) is 64.4 Å². The van der Waals surface area contributed by atoms with Gasteiger partial charge in [-0.2, -0.15) is 0 Å². The van der Waals surface area contributed by atoms with Crippen molar-refractivity contribution in [3.05, 3.63) is 30.1 Å². The van der Waals surface area contributed by atoms with E-state index in [1.54, 1.807) is 45.9 Å². The minimum absolute atomic E-state index is 0.497. The highest BCUT2D eigenvalue weighted by Crippen LogP contribution is 2.24. The van der Waals surface area contributed by atoms with E-state index >= 15 is 0 Å². The van der Waals surface area contributed by atoms with Crippen molar-refractivity contribution in [2.75, 3.05) is 0 Å². The molecule has 2 aromatic rings. The Bertz CT molecular complexity index is 609. The fourth-order valence-corrected chi connectivity index (χ4v) is 1.88. The fraction of sp³-hybridized carbons (Fsp3) is 0.429. The van der Waals surface area contributed by atoms with Crippen molar-refractivity contribution in [2.24, 2.45) is 0 Å². The number of hydrogen-bond donors (Lipinski definition) is 1. The molecule has 0 aliphatic carbocycles. The zero-order chi connectivity index (χ0) is 14.2. The maximum absolute atomic E-state index is 12.1. The number of para-hydroxylation sites is 1. The third-order valence-electron chi connectivity index (χ3n) is 2.64. The van der Waals surface area contributed by atoms with Crippen LogP contribution in [0.15, 0.2) is 24.5 Å². The van der Waals surface area contributed by atoms with Crippen molar-refractivity contribution in [1.29, 1.82) is 0 Å². The van der Waals surface area contributed by atoms with Crippen LogP contribution in [-0.4, -0.2) is 26.4 Å². The van der Waals surface area contributed by atoms with Gasteiger partial charge in [-0.3, -0.25) is 0 Å². The Kier molecular flexibility index (Phi) is 3.32. The molecule has 0 amide bonds. The smallest absolute Gasteiger partial charge is 0.420 e. The Morgan fingerprint density at radius 3 is 2.68 bits per heavy atom. The lowest BCUT2D eigenvalue weighted by molar-refractivity contribution is 0.0543. The van der Waals surface area contributed by atoms with Gasteiger partial charge < -0.3 is 9.84 Å². The van der Waals surface area contributed by atoms with Crippen LogP contribution in [0, 0.1) is 0 Å². The molecule has 0 bridgehead atoms. The molecule has 5 heteroatoms. The molecule has 102 valence electrons. The van der Waals surface area contributed by atoms with Crippen LogP contribution in [0.5, 0.6) is 0 Å². The summed E-state index contributed by atoms with van der Waals surface area (Å²) in [5.41, 5.74) is 1.32. The summed E-state index contributed by atoms with van der Waals surface area (Å²) in [6.45, 7) is 7.07. The van der Waals surface area contributed by atoms with Crippen LogP contribution in [0.1, 0.15) is 39.4 Å². The highest BCUT2D eigenvalue weighted by molar-refractivity contribution is 5.89.